The Labute approximate surface area is 171 Å². The van der Waals surface area contributed by atoms with Crippen LogP contribution < -0.4 is 25.9 Å². The van der Waals surface area contributed by atoms with Gasteiger partial charge in [0.2, 0.25) is 0 Å². The van der Waals surface area contributed by atoms with Gasteiger partial charge in [-0.3, -0.25) is 14.3 Å². The van der Waals surface area contributed by atoms with Crippen LogP contribution in [0.1, 0.15) is 0 Å². The van der Waals surface area contributed by atoms with E-state index < -0.39 is 33.3 Å². The molecule has 0 bridgehead atoms. The van der Waals surface area contributed by atoms with E-state index in [0.717, 1.165) is 30.3 Å². The van der Waals surface area contributed by atoms with E-state index in [1.54, 1.807) is 0 Å². The fourth-order valence-corrected chi connectivity index (χ4v) is 3.88. The molecule has 0 spiro atoms. The summed E-state index contributed by atoms with van der Waals surface area (Å²) in [4.78, 5) is 27.3. The Morgan fingerprint density at radius 1 is 1.00 bits per heavy atom. The third kappa shape index (κ3) is 5.35. The molecule has 166 valence electrons. The van der Waals surface area contributed by atoms with Gasteiger partial charge in [0, 0.05) is 12.2 Å². The predicted molar refractivity (Wildman–Crippen MR) is 105 cm³/mol. The minimum Gasteiger partial charge on any atom is -0.406 e. The van der Waals surface area contributed by atoms with Crippen molar-refractivity contribution in [1.29, 1.82) is 0 Å². The van der Waals surface area contributed by atoms with Gasteiger partial charge in [-0.05, 0) is 36.4 Å². The summed E-state index contributed by atoms with van der Waals surface area (Å²) >= 11 is 0. The number of sulfonamides is 1. The van der Waals surface area contributed by atoms with E-state index in [1.807, 2.05) is 0 Å². The lowest BCUT2D eigenvalue weighted by atomic mass is 10.2. The normalized spacial score (nSPS) is 12.0. The second kappa shape index (κ2) is 8.31. The number of halogens is 3. The van der Waals surface area contributed by atoms with Crippen LogP contribution in [0.3, 0.4) is 0 Å². The van der Waals surface area contributed by atoms with Gasteiger partial charge in [0.1, 0.15) is 10.6 Å². The van der Waals surface area contributed by atoms with Crippen LogP contribution >= 0.6 is 0 Å². The zero-order valence-electron chi connectivity index (χ0n) is 15.4. The first-order chi connectivity index (χ1) is 14.5. The number of H-pyrrole nitrogens is 2. The van der Waals surface area contributed by atoms with Crippen LogP contribution in [-0.2, 0) is 10.0 Å². The molecule has 0 aliphatic heterocycles. The van der Waals surface area contributed by atoms with Gasteiger partial charge < -0.3 is 25.1 Å². The minimum atomic E-state index is -4.89. The number of hydrogen-bond acceptors (Lipinski definition) is 7. The summed E-state index contributed by atoms with van der Waals surface area (Å²) in [6, 6.07) is 6.35. The van der Waals surface area contributed by atoms with E-state index in [4.69, 9.17) is 5.11 Å². The third-order valence-electron chi connectivity index (χ3n) is 3.88. The van der Waals surface area contributed by atoms with Gasteiger partial charge in [0.05, 0.1) is 23.3 Å². The SMILES string of the molecule is O=c1[nH]c2cc(NCCO)c(S(=O)(=O)Nc3ccc(OC(F)(F)F)cc3)cc2[nH]c1=O. The highest BCUT2D eigenvalue weighted by atomic mass is 32.2. The standard InChI is InChI=1S/C17H15F3N4O6S/c18-17(19,20)30-10-3-1-9(2-4-10)24-31(28,29)14-8-12-11(7-13(14)21-5-6-25)22-15(26)16(27)23-12/h1-4,7-8,21,24-25H,5-6H2,(H,22,26)(H,23,27). The lowest BCUT2D eigenvalue weighted by Gasteiger charge is -2.15. The summed E-state index contributed by atoms with van der Waals surface area (Å²) in [5, 5.41) is 11.7. The van der Waals surface area contributed by atoms with E-state index in [-0.39, 0.29) is 40.5 Å². The van der Waals surface area contributed by atoms with Gasteiger partial charge in [-0.25, -0.2) is 8.42 Å². The maximum atomic E-state index is 12.9. The lowest BCUT2D eigenvalue weighted by molar-refractivity contribution is -0.274. The number of aliphatic hydroxyl groups is 1. The molecule has 3 rings (SSSR count). The largest absolute Gasteiger partial charge is 0.573 e. The van der Waals surface area contributed by atoms with Crippen molar-refractivity contribution in [3.8, 4) is 5.75 Å². The number of alkyl halides is 3. The number of aromatic nitrogens is 2. The number of hydrogen-bond donors (Lipinski definition) is 5. The van der Waals surface area contributed by atoms with Crippen LogP contribution in [0.15, 0.2) is 50.9 Å². The molecular formula is C17H15F3N4O6S. The number of aliphatic hydroxyl groups excluding tert-OH is 1. The fraction of sp³-hybridized carbons (Fsp3) is 0.176. The first-order valence-corrected chi connectivity index (χ1v) is 10.0. The average molecular weight is 460 g/mol. The molecule has 0 amide bonds. The van der Waals surface area contributed by atoms with Crippen molar-refractivity contribution in [2.24, 2.45) is 0 Å². The molecule has 0 radical (unpaired) electrons. The van der Waals surface area contributed by atoms with Crippen molar-refractivity contribution in [3.63, 3.8) is 0 Å². The summed E-state index contributed by atoms with van der Waals surface area (Å²) in [5.41, 5.74) is -1.81. The quantitative estimate of drug-likeness (QED) is 0.333. The zero-order valence-corrected chi connectivity index (χ0v) is 16.2. The Morgan fingerprint density at radius 3 is 2.13 bits per heavy atom. The molecule has 0 aliphatic rings. The highest BCUT2D eigenvalue weighted by molar-refractivity contribution is 7.92. The summed E-state index contributed by atoms with van der Waals surface area (Å²) in [6.45, 7) is -0.348. The maximum Gasteiger partial charge on any atom is 0.573 e. The first kappa shape index (κ1) is 22.2. The Kier molecular flexibility index (Phi) is 5.94. The van der Waals surface area contributed by atoms with Crippen LogP contribution in [0, 0.1) is 0 Å². The molecule has 0 fully saturated rings. The zero-order chi connectivity index (χ0) is 22.8. The second-order valence-electron chi connectivity index (χ2n) is 6.13. The van der Waals surface area contributed by atoms with Crippen molar-refractivity contribution in [2.45, 2.75) is 11.3 Å². The number of fused-ring (bicyclic) bond motifs is 1. The van der Waals surface area contributed by atoms with Crippen LogP contribution in [0.4, 0.5) is 24.5 Å². The van der Waals surface area contributed by atoms with Gasteiger partial charge >= 0.3 is 17.5 Å². The predicted octanol–water partition coefficient (Wildman–Crippen LogP) is 1.32. The van der Waals surface area contributed by atoms with Crippen LogP contribution in [0.25, 0.3) is 11.0 Å². The molecule has 10 nitrogen and oxygen atoms in total. The molecule has 31 heavy (non-hydrogen) atoms. The maximum absolute atomic E-state index is 12.9. The van der Waals surface area contributed by atoms with Gasteiger partial charge in [-0.2, -0.15) is 0 Å². The molecule has 0 saturated carbocycles. The van der Waals surface area contributed by atoms with Gasteiger partial charge in [-0.1, -0.05) is 0 Å². The molecule has 0 saturated heterocycles. The van der Waals surface area contributed by atoms with Crippen molar-refractivity contribution >= 4 is 32.4 Å². The topological polar surface area (TPSA) is 153 Å². The molecule has 0 unspecified atom stereocenters. The van der Waals surface area contributed by atoms with Crippen LogP contribution in [-0.4, -0.2) is 43.0 Å². The van der Waals surface area contributed by atoms with E-state index in [1.165, 1.54) is 6.07 Å². The summed E-state index contributed by atoms with van der Waals surface area (Å²) < 4.78 is 68.5. The van der Waals surface area contributed by atoms with E-state index in [9.17, 15) is 31.2 Å². The molecule has 1 heterocycles. The van der Waals surface area contributed by atoms with Gasteiger partial charge in [-0.15, -0.1) is 13.2 Å². The Bertz CT molecular complexity index is 1320. The van der Waals surface area contributed by atoms with Gasteiger partial charge in [0.25, 0.3) is 10.0 Å². The van der Waals surface area contributed by atoms with Crippen molar-refractivity contribution in [1.82, 2.24) is 9.97 Å². The van der Waals surface area contributed by atoms with E-state index in [2.05, 4.69) is 24.7 Å². The number of ether oxygens (including phenoxy) is 1. The number of aromatic amines is 2. The number of anilines is 2. The molecule has 0 aliphatic carbocycles. The summed E-state index contributed by atoms with van der Waals surface area (Å²) in [7, 11) is -4.31. The molecular weight excluding hydrogens is 445 g/mol. The molecule has 2 aromatic carbocycles. The van der Waals surface area contributed by atoms with Crippen LogP contribution in [0.2, 0.25) is 0 Å². The summed E-state index contributed by atoms with van der Waals surface area (Å²) in [5.74, 6) is -0.534. The molecule has 14 heteroatoms. The van der Waals surface area contributed by atoms with Crippen molar-refractivity contribution < 1.29 is 31.4 Å². The van der Waals surface area contributed by atoms with Crippen LogP contribution in [0.5, 0.6) is 5.75 Å². The minimum absolute atomic E-state index is 0.00812. The Balaban J connectivity index is 2.00. The first-order valence-electron chi connectivity index (χ1n) is 8.52. The monoisotopic (exact) mass is 460 g/mol. The van der Waals surface area contributed by atoms with E-state index in [0.29, 0.717) is 0 Å². The summed E-state index contributed by atoms with van der Waals surface area (Å²) in [6.07, 6.45) is -4.89. The fourth-order valence-electron chi connectivity index (χ4n) is 2.63. The van der Waals surface area contributed by atoms with Crippen molar-refractivity contribution in [3.05, 3.63) is 57.1 Å². The smallest absolute Gasteiger partial charge is 0.406 e. The van der Waals surface area contributed by atoms with Gasteiger partial charge in [0.15, 0.2) is 0 Å². The highest BCUT2D eigenvalue weighted by Crippen LogP contribution is 2.29. The lowest BCUT2D eigenvalue weighted by Crippen LogP contribution is -2.29. The van der Waals surface area contributed by atoms with E-state index >= 15 is 0 Å². The number of nitrogens with one attached hydrogen (secondary N) is 4. The molecule has 1 aromatic heterocycles. The third-order valence-corrected chi connectivity index (χ3v) is 5.30. The Morgan fingerprint density at radius 2 is 1.58 bits per heavy atom. The molecule has 3 aromatic rings. The number of rotatable bonds is 7. The average Bonchev–Trinajstić information content (AvgIpc) is 2.67. The molecule has 5 N–H and O–H groups in total. The Hall–Kier alpha value is -3.52. The molecule has 0 atom stereocenters. The second-order valence-corrected chi connectivity index (χ2v) is 7.78. The number of benzene rings is 2. The highest BCUT2D eigenvalue weighted by Gasteiger charge is 2.31. The van der Waals surface area contributed by atoms with Crippen molar-refractivity contribution in [2.75, 3.05) is 23.2 Å².